The van der Waals surface area contributed by atoms with E-state index in [1.807, 2.05) is 30.3 Å². The molecule has 1 aromatic heterocycles. The number of nitrogens with zero attached hydrogens (tertiary/aromatic N) is 2. The van der Waals surface area contributed by atoms with E-state index in [4.69, 9.17) is 12.2 Å². The van der Waals surface area contributed by atoms with Crippen molar-refractivity contribution in [3.8, 4) is 5.69 Å². The fourth-order valence-corrected chi connectivity index (χ4v) is 2.78. The SMILES string of the molecule is CCCCCCCCCC(=O)Nc1nc(=S)[nH]n1-c1ccccc1. The fourth-order valence-electron chi connectivity index (χ4n) is 2.60. The maximum Gasteiger partial charge on any atom is 0.232 e. The highest BCUT2D eigenvalue weighted by Gasteiger charge is 2.10. The summed E-state index contributed by atoms with van der Waals surface area (Å²) in [6, 6.07) is 9.65. The molecule has 1 aromatic carbocycles. The Kier molecular flexibility index (Phi) is 7.68. The zero-order valence-electron chi connectivity index (χ0n) is 14.3. The van der Waals surface area contributed by atoms with Gasteiger partial charge in [0, 0.05) is 6.42 Å². The van der Waals surface area contributed by atoms with Gasteiger partial charge in [-0.25, -0.2) is 4.68 Å². The van der Waals surface area contributed by atoms with Crippen LogP contribution in [0.25, 0.3) is 5.69 Å². The minimum Gasteiger partial charge on any atom is -0.294 e. The molecule has 0 unspecified atom stereocenters. The van der Waals surface area contributed by atoms with Crippen molar-refractivity contribution >= 4 is 24.1 Å². The highest BCUT2D eigenvalue weighted by molar-refractivity contribution is 7.71. The number of amides is 1. The molecule has 1 heterocycles. The summed E-state index contributed by atoms with van der Waals surface area (Å²) >= 11 is 5.09. The van der Waals surface area contributed by atoms with Crippen molar-refractivity contribution < 1.29 is 4.79 Å². The highest BCUT2D eigenvalue weighted by atomic mass is 32.1. The molecule has 6 heteroatoms. The van der Waals surface area contributed by atoms with Crippen LogP contribution in [0.15, 0.2) is 30.3 Å². The number of H-pyrrole nitrogens is 1. The quantitative estimate of drug-likeness (QED) is 0.469. The van der Waals surface area contributed by atoms with E-state index in [1.54, 1.807) is 4.68 Å². The van der Waals surface area contributed by atoms with Crippen molar-refractivity contribution in [2.75, 3.05) is 5.32 Å². The van der Waals surface area contributed by atoms with E-state index in [0.29, 0.717) is 17.1 Å². The van der Waals surface area contributed by atoms with Gasteiger partial charge in [-0.15, -0.1) is 0 Å². The van der Waals surface area contributed by atoms with E-state index in [2.05, 4.69) is 22.3 Å². The fraction of sp³-hybridized carbons (Fsp3) is 0.500. The Hall–Kier alpha value is -1.95. The van der Waals surface area contributed by atoms with Crippen molar-refractivity contribution in [1.29, 1.82) is 0 Å². The number of para-hydroxylation sites is 1. The predicted molar refractivity (Wildman–Crippen MR) is 100.0 cm³/mol. The molecule has 0 atom stereocenters. The van der Waals surface area contributed by atoms with E-state index in [-0.39, 0.29) is 5.91 Å². The van der Waals surface area contributed by atoms with Gasteiger partial charge in [0.05, 0.1) is 5.69 Å². The number of aromatic amines is 1. The standard InChI is InChI=1S/C18H26N4OS/c1-2-3-4-5-6-7-11-14-16(23)19-17-20-18(24)21-22(17)15-12-9-8-10-13-15/h8-10,12-13H,2-7,11,14H2,1H3,(H2,19,20,21,23,24). The van der Waals surface area contributed by atoms with Crippen LogP contribution in [-0.2, 0) is 4.79 Å². The van der Waals surface area contributed by atoms with Gasteiger partial charge in [0.15, 0.2) is 0 Å². The Labute approximate surface area is 148 Å². The Bertz CT molecular complexity index is 678. The van der Waals surface area contributed by atoms with Crippen molar-refractivity contribution in [1.82, 2.24) is 14.8 Å². The van der Waals surface area contributed by atoms with Crippen LogP contribution in [0.2, 0.25) is 0 Å². The van der Waals surface area contributed by atoms with Gasteiger partial charge in [0.1, 0.15) is 0 Å². The lowest BCUT2D eigenvalue weighted by Crippen LogP contribution is -2.15. The van der Waals surface area contributed by atoms with E-state index in [9.17, 15) is 4.79 Å². The summed E-state index contributed by atoms with van der Waals surface area (Å²) in [6.07, 6.45) is 8.87. The molecular weight excluding hydrogens is 320 g/mol. The van der Waals surface area contributed by atoms with Crippen LogP contribution >= 0.6 is 12.2 Å². The van der Waals surface area contributed by atoms with Gasteiger partial charge in [-0.3, -0.25) is 15.2 Å². The number of hydrogen-bond donors (Lipinski definition) is 2. The largest absolute Gasteiger partial charge is 0.294 e. The summed E-state index contributed by atoms with van der Waals surface area (Å²) in [6.45, 7) is 2.22. The smallest absolute Gasteiger partial charge is 0.232 e. The molecule has 2 aromatic rings. The molecule has 0 spiro atoms. The van der Waals surface area contributed by atoms with Crippen LogP contribution in [-0.4, -0.2) is 20.7 Å². The van der Waals surface area contributed by atoms with Gasteiger partial charge < -0.3 is 0 Å². The highest BCUT2D eigenvalue weighted by Crippen LogP contribution is 2.13. The number of rotatable bonds is 10. The van der Waals surface area contributed by atoms with Gasteiger partial charge in [-0.1, -0.05) is 63.6 Å². The predicted octanol–water partition coefficient (Wildman–Crippen LogP) is 5.01. The molecule has 0 aliphatic heterocycles. The monoisotopic (exact) mass is 346 g/mol. The van der Waals surface area contributed by atoms with Gasteiger partial charge in [-0.05, 0) is 30.8 Å². The number of carbonyl (C=O) groups excluding carboxylic acids is 1. The molecule has 0 saturated heterocycles. The third-order valence-electron chi connectivity index (χ3n) is 3.90. The third-order valence-corrected chi connectivity index (χ3v) is 4.08. The van der Waals surface area contributed by atoms with Crippen LogP contribution in [0.3, 0.4) is 0 Å². The Morgan fingerprint density at radius 3 is 2.50 bits per heavy atom. The lowest BCUT2D eigenvalue weighted by atomic mass is 10.1. The Morgan fingerprint density at radius 1 is 1.12 bits per heavy atom. The third kappa shape index (κ3) is 5.92. The molecule has 1 amide bonds. The molecule has 0 saturated carbocycles. The summed E-state index contributed by atoms with van der Waals surface area (Å²) in [5, 5.41) is 5.82. The molecule has 0 aliphatic carbocycles. The molecule has 2 rings (SSSR count). The van der Waals surface area contributed by atoms with Crippen molar-refractivity contribution in [3.63, 3.8) is 0 Å². The summed E-state index contributed by atoms with van der Waals surface area (Å²) in [5.41, 5.74) is 0.882. The molecule has 5 nitrogen and oxygen atoms in total. The average molecular weight is 347 g/mol. The summed E-state index contributed by atoms with van der Waals surface area (Å²) in [4.78, 5) is 16.3. The average Bonchev–Trinajstić information content (AvgIpc) is 2.95. The first-order valence-corrected chi connectivity index (χ1v) is 9.16. The number of hydrogen-bond acceptors (Lipinski definition) is 3. The number of carbonyl (C=O) groups is 1. The van der Waals surface area contributed by atoms with Crippen molar-refractivity contribution in [2.45, 2.75) is 58.3 Å². The van der Waals surface area contributed by atoms with Gasteiger partial charge >= 0.3 is 0 Å². The second-order valence-corrected chi connectivity index (χ2v) is 6.33. The maximum absolute atomic E-state index is 12.1. The first kappa shape index (κ1) is 18.4. The molecular formula is C18H26N4OS. The van der Waals surface area contributed by atoms with Crippen molar-refractivity contribution in [2.24, 2.45) is 0 Å². The first-order valence-electron chi connectivity index (χ1n) is 8.75. The van der Waals surface area contributed by atoms with Gasteiger partial charge in [0.25, 0.3) is 0 Å². The second kappa shape index (κ2) is 10.0. The minimum atomic E-state index is -0.0188. The van der Waals surface area contributed by atoms with Crippen molar-refractivity contribution in [3.05, 3.63) is 35.1 Å². The lowest BCUT2D eigenvalue weighted by Gasteiger charge is -2.08. The Balaban J connectivity index is 1.81. The van der Waals surface area contributed by atoms with Gasteiger partial charge in [0.2, 0.25) is 16.6 Å². The molecule has 0 radical (unpaired) electrons. The molecule has 2 N–H and O–H groups in total. The van der Waals surface area contributed by atoms with Crippen LogP contribution < -0.4 is 5.32 Å². The summed E-state index contributed by atoms with van der Waals surface area (Å²) in [5.74, 6) is 0.425. The first-order chi connectivity index (χ1) is 11.7. The molecule has 0 fully saturated rings. The number of anilines is 1. The zero-order valence-corrected chi connectivity index (χ0v) is 15.1. The number of nitrogens with one attached hydrogen (secondary N) is 2. The van der Waals surface area contributed by atoms with Crippen LogP contribution in [0.1, 0.15) is 58.3 Å². The van der Waals surface area contributed by atoms with Gasteiger partial charge in [-0.2, -0.15) is 4.98 Å². The van der Waals surface area contributed by atoms with Crippen LogP contribution in [0.5, 0.6) is 0 Å². The zero-order chi connectivity index (χ0) is 17.2. The van der Waals surface area contributed by atoms with Crippen LogP contribution in [0.4, 0.5) is 5.95 Å². The molecule has 0 aliphatic rings. The Morgan fingerprint density at radius 2 is 1.79 bits per heavy atom. The number of unbranched alkanes of at least 4 members (excludes halogenated alkanes) is 6. The topological polar surface area (TPSA) is 62.7 Å². The summed E-state index contributed by atoms with van der Waals surface area (Å²) < 4.78 is 2.05. The van der Waals surface area contributed by atoms with E-state index in [0.717, 1.165) is 18.5 Å². The maximum atomic E-state index is 12.1. The molecule has 24 heavy (non-hydrogen) atoms. The summed E-state index contributed by atoms with van der Waals surface area (Å²) in [7, 11) is 0. The molecule has 0 bridgehead atoms. The lowest BCUT2D eigenvalue weighted by molar-refractivity contribution is -0.116. The molecule has 130 valence electrons. The van der Waals surface area contributed by atoms with E-state index in [1.165, 1.54) is 32.1 Å². The van der Waals surface area contributed by atoms with E-state index >= 15 is 0 Å². The normalized spacial score (nSPS) is 10.7. The number of aromatic nitrogens is 3. The number of benzene rings is 1. The second-order valence-electron chi connectivity index (χ2n) is 5.94. The minimum absolute atomic E-state index is 0.0188. The van der Waals surface area contributed by atoms with E-state index < -0.39 is 0 Å². The van der Waals surface area contributed by atoms with Crippen LogP contribution in [0, 0.1) is 4.77 Å².